The molecule has 4 aromatic rings. The van der Waals surface area contributed by atoms with Crippen molar-refractivity contribution in [2.75, 3.05) is 5.32 Å². The van der Waals surface area contributed by atoms with E-state index in [-0.39, 0.29) is 23.6 Å². The second-order valence-corrected chi connectivity index (χ2v) is 10.5. The molecule has 4 N–H and O–H groups in total. The Balaban J connectivity index is 1.26. The summed E-state index contributed by atoms with van der Waals surface area (Å²) in [5.74, 6) is 0.826. The number of nitrogens with two attached hydrogens (primary N) is 1. The standard InChI is InChI=1S/C23H23N5O4S2/c1-10-3-4-12-16(7-10)34-22-19(12)21(31)26-17(27-22)5-6-18(29)28-23-25-14(9-33-23)13-8-15(20(24)30)32-11(13)2/h8-10H,3-7H2,1-2H3,(H2,24,30)(H,25,28,29)(H,26,27,31). The summed E-state index contributed by atoms with van der Waals surface area (Å²) in [5, 5.41) is 5.69. The van der Waals surface area contributed by atoms with Crippen LogP contribution in [0.1, 0.15) is 52.3 Å². The highest BCUT2D eigenvalue weighted by atomic mass is 32.1. The summed E-state index contributed by atoms with van der Waals surface area (Å²) >= 11 is 2.87. The van der Waals surface area contributed by atoms with Gasteiger partial charge in [0.15, 0.2) is 10.9 Å². The van der Waals surface area contributed by atoms with Gasteiger partial charge in [-0.15, -0.1) is 22.7 Å². The molecule has 0 bridgehead atoms. The van der Waals surface area contributed by atoms with E-state index in [0.29, 0.717) is 45.7 Å². The molecule has 0 radical (unpaired) electrons. The summed E-state index contributed by atoms with van der Waals surface area (Å²) in [4.78, 5) is 50.5. The van der Waals surface area contributed by atoms with Gasteiger partial charge in [0.1, 0.15) is 16.4 Å². The third-order valence-corrected chi connectivity index (χ3v) is 7.90. The van der Waals surface area contributed by atoms with Crippen molar-refractivity contribution >= 4 is 49.8 Å². The van der Waals surface area contributed by atoms with Gasteiger partial charge in [-0.2, -0.15) is 0 Å². The molecule has 1 aliphatic rings. The fraction of sp³-hybridized carbons (Fsp3) is 0.348. The van der Waals surface area contributed by atoms with E-state index in [4.69, 9.17) is 10.2 Å². The molecule has 0 aromatic carbocycles. The fourth-order valence-electron chi connectivity index (χ4n) is 4.24. The number of furan rings is 1. The number of carbonyl (C=O) groups is 2. The maximum Gasteiger partial charge on any atom is 0.284 e. The molecule has 4 aromatic heterocycles. The van der Waals surface area contributed by atoms with Gasteiger partial charge in [-0.1, -0.05) is 6.92 Å². The minimum atomic E-state index is -0.653. The van der Waals surface area contributed by atoms with Gasteiger partial charge >= 0.3 is 0 Å². The van der Waals surface area contributed by atoms with Crippen LogP contribution < -0.4 is 16.6 Å². The Labute approximate surface area is 202 Å². The van der Waals surface area contributed by atoms with E-state index in [1.807, 2.05) is 0 Å². The van der Waals surface area contributed by atoms with Crippen LogP contribution in [0.5, 0.6) is 0 Å². The highest BCUT2D eigenvalue weighted by Crippen LogP contribution is 2.35. The second-order valence-electron chi connectivity index (χ2n) is 8.58. The van der Waals surface area contributed by atoms with Crippen LogP contribution in [0.3, 0.4) is 0 Å². The molecule has 1 atom stereocenters. The first-order chi connectivity index (χ1) is 16.3. The minimum Gasteiger partial charge on any atom is -0.456 e. The maximum atomic E-state index is 12.7. The first-order valence-electron chi connectivity index (χ1n) is 11.0. The Morgan fingerprint density at radius 1 is 1.35 bits per heavy atom. The second kappa shape index (κ2) is 8.80. The highest BCUT2D eigenvalue weighted by Gasteiger charge is 2.23. The molecular formula is C23H23N5O4S2. The molecule has 0 saturated heterocycles. The average molecular weight is 498 g/mol. The number of hydrogen-bond acceptors (Lipinski definition) is 8. The van der Waals surface area contributed by atoms with Crippen LogP contribution in [0.25, 0.3) is 21.5 Å². The molecule has 1 unspecified atom stereocenters. The summed E-state index contributed by atoms with van der Waals surface area (Å²) in [6.07, 6.45) is 3.47. The van der Waals surface area contributed by atoms with Crippen LogP contribution in [0, 0.1) is 12.8 Å². The molecule has 0 fully saturated rings. The topological polar surface area (TPSA) is 144 Å². The molecule has 0 aliphatic heterocycles. The van der Waals surface area contributed by atoms with Gasteiger partial charge in [0, 0.05) is 28.7 Å². The molecule has 1 aliphatic carbocycles. The van der Waals surface area contributed by atoms with Crippen molar-refractivity contribution in [2.24, 2.45) is 11.7 Å². The Kier molecular flexibility index (Phi) is 5.82. The van der Waals surface area contributed by atoms with Crippen molar-refractivity contribution in [3.05, 3.63) is 49.6 Å². The lowest BCUT2D eigenvalue weighted by molar-refractivity contribution is -0.116. The van der Waals surface area contributed by atoms with Gasteiger partial charge in [0.05, 0.1) is 11.1 Å². The fourth-order valence-corrected chi connectivity index (χ4v) is 6.37. The number of thiazole rings is 1. The smallest absolute Gasteiger partial charge is 0.284 e. The molecular weight excluding hydrogens is 474 g/mol. The number of thiophene rings is 1. The predicted molar refractivity (Wildman–Crippen MR) is 131 cm³/mol. The zero-order valence-corrected chi connectivity index (χ0v) is 20.3. The number of fused-ring (bicyclic) bond motifs is 3. The SMILES string of the molecule is Cc1oc(C(N)=O)cc1-c1csc(NC(=O)CCc2nc3sc4c(c3c(=O)[nH]2)CCC(C)C4)n1. The normalized spacial score (nSPS) is 15.4. The van der Waals surface area contributed by atoms with Crippen LogP contribution in [-0.4, -0.2) is 26.8 Å². The van der Waals surface area contributed by atoms with Crippen LogP contribution in [0.4, 0.5) is 5.13 Å². The number of nitrogens with one attached hydrogen (secondary N) is 2. The average Bonchev–Trinajstić information content (AvgIpc) is 3.48. The number of H-pyrrole nitrogens is 1. The van der Waals surface area contributed by atoms with Crippen LogP contribution in [-0.2, 0) is 24.1 Å². The van der Waals surface area contributed by atoms with Crippen molar-refractivity contribution in [2.45, 2.75) is 46.0 Å². The van der Waals surface area contributed by atoms with Crippen LogP contribution >= 0.6 is 22.7 Å². The summed E-state index contributed by atoms with van der Waals surface area (Å²) in [6, 6.07) is 1.54. The number of aryl methyl sites for hydroxylation is 3. The molecule has 4 heterocycles. The zero-order valence-electron chi connectivity index (χ0n) is 18.7. The van der Waals surface area contributed by atoms with Gasteiger partial charge in [0.2, 0.25) is 5.91 Å². The molecule has 0 saturated carbocycles. The van der Waals surface area contributed by atoms with E-state index in [0.717, 1.165) is 29.7 Å². The van der Waals surface area contributed by atoms with E-state index >= 15 is 0 Å². The lowest BCUT2D eigenvalue weighted by atomic mass is 9.89. The number of amides is 2. The summed E-state index contributed by atoms with van der Waals surface area (Å²) in [5.41, 5.74) is 7.52. The number of rotatable bonds is 6. The molecule has 2 amide bonds. The number of carbonyl (C=O) groups excluding carboxylic acids is 2. The third kappa shape index (κ3) is 4.28. The van der Waals surface area contributed by atoms with Crippen molar-refractivity contribution in [1.29, 1.82) is 0 Å². The number of nitrogens with zero attached hydrogens (tertiary/aromatic N) is 2. The van der Waals surface area contributed by atoms with E-state index in [1.165, 1.54) is 16.2 Å². The van der Waals surface area contributed by atoms with Gasteiger partial charge in [0.25, 0.3) is 11.5 Å². The number of hydrogen-bond donors (Lipinski definition) is 3. The first kappa shape index (κ1) is 22.5. The van der Waals surface area contributed by atoms with Crippen LogP contribution in [0.2, 0.25) is 0 Å². The monoisotopic (exact) mass is 497 g/mol. The molecule has 176 valence electrons. The number of aromatic nitrogens is 3. The summed E-state index contributed by atoms with van der Waals surface area (Å²) < 4.78 is 5.35. The number of anilines is 1. The van der Waals surface area contributed by atoms with E-state index < -0.39 is 5.91 Å². The predicted octanol–water partition coefficient (Wildman–Crippen LogP) is 3.80. The highest BCUT2D eigenvalue weighted by molar-refractivity contribution is 7.18. The van der Waals surface area contributed by atoms with E-state index in [1.54, 1.807) is 29.7 Å². The van der Waals surface area contributed by atoms with Crippen molar-refractivity contribution < 1.29 is 14.0 Å². The molecule has 5 rings (SSSR count). The number of primary amides is 1. The van der Waals surface area contributed by atoms with Gasteiger partial charge in [-0.25, -0.2) is 9.97 Å². The van der Waals surface area contributed by atoms with E-state index in [2.05, 4.69) is 27.2 Å². The quantitative estimate of drug-likeness (QED) is 0.369. The van der Waals surface area contributed by atoms with Gasteiger partial charge in [-0.3, -0.25) is 14.4 Å². The van der Waals surface area contributed by atoms with Gasteiger partial charge < -0.3 is 20.5 Å². The summed E-state index contributed by atoms with van der Waals surface area (Å²) in [6.45, 7) is 3.95. The Hall–Kier alpha value is -3.31. The zero-order chi connectivity index (χ0) is 24.0. The lowest BCUT2D eigenvalue weighted by Crippen LogP contribution is -2.17. The molecule has 11 heteroatoms. The molecule has 9 nitrogen and oxygen atoms in total. The van der Waals surface area contributed by atoms with Crippen molar-refractivity contribution in [3.63, 3.8) is 0 Å². The number of aromatic amines is 1. The van der Waals surface area contributed by atoms with Crippen molar-refractivity contribution in [3.8, 4) is 11.3 Å². The van der Waals surface area contributed by atoms with E-state index in [9.17, 15) is 14.4 Å². The maximum absolute atomic E-state index is 12.7. The Bertz CT molecular complexity index is 1480. The lowest BCUT2D eigenvalue weighted by Gasteiger charge is -2.17. The molecule has 34 heavy (non-hydrogen) atoms. The molecule has 0 spiro atoms. The first-order valence-corrected chi connectivity index (χ1v) is 12.7. The van der Waals surface area contributed by atoms with Crippen molar-refractivity contribution in [1.82, 2.24) is 15.0 Å². The third-order valence-electron chi connectivity index (χ3n) is 5.99. The van der Waals surface area contributed by atoms with Gasteiger partial charge in [-0.05, 0) is 43.7 Å². The summed E-state index contributed by atoms with van der Waals surface area (Å²) in [7, 11) is 0. The Morgan fingerprint density at radius 3 is 2.94 bits per heavy atom. The largest absolute Gasteiger partial charge is 0.456 e. The van der Waals surface area contributed by atoms with Crippen LogP contribution in [0.15, 0.2) is 20.7 Å². The minimum absolute atomic E-state index is 0.0608. The Morgan fingerprint density at radius 2 is 2.18 bits per heavy atom.